The summed E-state index contributed by atoms with van der Waals surface area (Å²) in [7, 11) is 0.383. The molecule has 0 radical (unpaired) electrons. The monoisotopic (exact) mass is 581 g/mol. The number of rotatable bonds is 0. The molecule has 1 heterocycles. The molecular formula is C5H110B33OP. The molecule has 1 aliphatic heterocycles. The minimum Gasteiger partial charge on any atom is -0.381 e. The average Bonchev–Trinajstić information content (AvgIpc) is 1.69. The summed E-state index contributed by atoms with van der Waals surface area (Å²) in [6.45, 7) is 4.38. The first-order chi connectivity index (χ1) is 3.39. The number of hydrogen-bond donors (Lipinski definition) is 0. The molecule has 0 bridgehead atoms. The Morgan fingerprint density at radius 2 is 0.350 bits per heavy atom. The molecule has 40 heavy (non-hydrogen) atoms. The van der Waals surface area contributed by atoms with Crippen molar-refractivity contribution in [3.05, 3.63) is 0 Å². The van der Waals surface area contributed by atoms with Crippen molar-refractivity contribution in [2.24, 2.45) is 0 Å². The van der Waals surface area contributed by atoms with Gasteiger partial charge in [-0.05, 0) is 19.0 Å². The summed E-state index contributed by atoms with van der Waals surface area (Å²) >= 11 is 0. The lowest BCUT2D eigenvalue weighted by atomic mass is 10.8. The third-order valence-corrected chi connectivity index (χ3v) is 3.13. The van der Waals surface area contributed by atoms with Crippen LogP contribution in [0.3, 0.4) is 0 Å². The molecule has 1 aliphatic rings. The summed E-state index contributed by atoms with van der Waals surface area (Å²) < 4.78 is 5.16. The van der Waals surface area contributed by atoms with Gasteiger partial charge in [-0.3, -0.25) is 0 Å². The van der Waals surface area contributed by atoms with Gasteiger partial charge in [0, 0.05) is 0 Å². The molecule has 1 fully saturated rings. The summed E-state index contributed by atoms with van der Waals surface area (Å²) in [5.74, 6) is 0. The maximum absolute atomic E-state index is 5.16. The molecule has 0 saturated carbocycles. The molecule has 0 unspecified atom stereocenters. The zero-order valence-corrected chi connectivity index (χ0v) is 5.58. The molecular weight excluding hydrogens is 464 g/mol. The maximum Gasteiger partial charge on any atom is 0.0814 e. The van der Waals surface area contributed by atoms with Crippen molar-refractivity contribution in [1.29, 1.82) is 0 Å². The first-order valence-electron chi connectivity index (χ1n) is 2.66. The highest BCUT2D eigenvalue weighted by atomic mass is 31.1. The molecule has 0 atom stereocenters. The highest BCUT2D eigenvalue weighted by Crippen LogP contribution is 2.31. The molecule has 0 N–H and O–H groups in total. The van der Waals surface area contributed by atoms with Crippen LogP contribution in [-0.4, -0.2) is 310 Å². The smallest absolute Gasteiger partial charge is 0.0814 e. The van der Waals surface area contributed by atoms with Crippen molar-refractivity contribution in [2.45, 2.75) is 0 Å². The van der Waals surface area contributed by atoms with Gasteiger partial charge in [0.05, 0.1) is 291 Å². The first kappa shape index (κ1) is 807. The second kappa shape index (κ2) is 615. The number of ether oxygens (including phenoxy) is 1. The normalized spacial score (nSPS) is 4.42. The second-order valence-corrected chi connectivity index (χ2v) is 4.52. The van der Waals surface area contributed by atoms with Crippen LogP contribution in [0.25, 0.3) is 0 Å². The Morgan fingerprint density at radius 3 is 0.400 bits per heavy atom. The van der Waals surface area contributed by atoms with Crippen LogP contribution in [0.15, 0.2) is 0 Å². The Bertz CT molecular complexity index is 76.8. The molecule has 1 nitrogen and oxygen atoms in total. The lowest BCUT2D eigenvalue weighted by Gasteiger charge is -2.17. The van der Waals surface area contributed by atoms with Gasteiger partial charge in [-0.25, -0.2) is 0 Å². The van der Waals surface area contributed by atoms with Crippen LogP contribution in [-0.2, 0) is 4.74 Å². The molecule has 0 aromatic carbocycles. The summed E-state index contributed by atoms with van der Waals surface area (Å²) in [6, 6.07) is 0. The zero-order valence-electron chi connectivity index (χ0n) is 4.68. The van der Waals surface area contributed by atoms with Crippen molar-refractivity contribution in [3.8, 4) is 0 Å². The molecule has 0 amide bonds. The van der Waals surface area contributed by atoms with E-state index in [0.29, 0.717) is 7.92 Å². The fourth-order valence-electron chi connectivity index (χ4n) is 0.655. The predicted octanol–water partition coefficient (Wildman–Crippen LogP) is -37.9. The van der Waals surface area contributed by atoms with Gasteiger partial charge in [0.1, 0.15) is 0 Å². The molecule has 35 heteroatoms. The van der Waals surface area contributed by atoms with Crippen LogP contribution in [0.2, 0.25) is 0 Å². The minimum absolute atomic E-state index is 0. The van der Waals surface area contributed by atoms with E-state index in [1.807, 2.05) is 0 Å². The van der Waals surface area contributed by atoms with E-state index < -0.39 is 0 Å². The van der Waals surface area contributed by atoms with Gasteiger partial charge in [0.25, 0.3) is 0 Å². The van der Waals surface area contributed by atoms with Gasteiger partial charge in [-0.2, -0.15) is 0 Å². The van der Waals surface area contributed by atoms with Crippen molar-refractivity contribution in [2.75, 3.05) is 32.2 Å². The molecule has 0 aromatic heterocycles. The standard InChI is InChI=1S/C5H11OP.33BH3/c1-7-4-2-6-3-5-7;;;;;;;;;;;;;;;;;;;;;;;;;;;;;;;;;/h2-5H2,1H3;33*1H3. The highest BCUT2D eigenvalue weighted by Gasteiger charge is 2.05. The van der Waals surface area contributed by atoms with Crippen LogP contribution in [0.4, 0.5) is 0 Å². The Labute approximate surface area is 320 Å². The van der Waals surface area contributed by atoms with Crippen molar-refractivity contribution >= 4 is 286 Å². The largest absolute Gasteiger partial charge is 0.381 e. The van der Waals surface area contributed by atoms with E-state index in [2.05, 4.69) is 6.66 Å². The molecule has 0 spiro atoms. The summed E-state index contributed by atoms with van der Waals surface area (Å²) in [5, 5.41) is 0. The quantitative estimate of drug-likeness (QED) is 0.207. The highest BCUT2D eigenvalue weighted by molar-refractivity contribution is 7.56. The molecule has 240 valence electrons. The van der Waals surface area contributed by atoms with Gasteiger partial charge in [-0.1, -0.05) is 0 Å². The third-order valence-electron chi connectivity index (χ3n) is 1.23. The third kappa shape index (κ3) is 571. The SMILES string of the molecule is B.B.B.B.B.B.B.B.B.B.B.B.B.B.B.B.B.B.B.B.B.B.B.B.B.B.B.B.B.B.B.B.B.CP1CCOCC1. The Balaban J connectivity index is -0.000000000479. The molecule has 1 saturated heterocycles. The van der Waals surface area contributed by atoms with E-state index in [0.717, 1.165) is 13.2 Å². The van der Waals surface area contributed by atoms with Gasteiger partial charge in [0.2, 0.25) is 0 Å². The number of hydrogen-bond acceptors (Lipinski definition) is 1. The van der Waals surface area contributed by atoms with Crippen LogP contribution in [0.1, 0.15) is 0 Å². The molecule has 0 aromatic rings. The van der Waals surface area contributed by atoms with Crippen LogP contribution in [0.5, 0.6) is 0 Å². The van der Waals surface area contributed by atoms with Crippen LogP contribution in [0, 0.1) is 0 Å². The predicted molar refractivity (Wildman–Crippen MR) is 361 cm³/mol. The fourth-order valence-corrected chi connectivity index (χ4v) is 1.76. The average molecular weight is 575 g/mol. The van der Waals surface area contributed by atoms with Crippen molar-refractivity contribution < 1.29 is 4.74 Å². The molecule has 1 rings (SSSR count). The van der Waals surface area contributed by atoms with E-state index in [1.165, 1.54) is 12.3 Å². The van der Waals surface area contributed by atoms with E-state index in [9.17, 15) is 0 Å². The van der Waals surface area contributed by atoms with Gasteiger partial charge in [-0.15, -0.1) is 7.92 Å². The van der Waals surface area contributed by atoms with Gasteiger partial charge in [0.15, 0.2) is 0 Å². The summed E-state index contributed by atoms with van der Waals surface area (Å²) in [5.41, 5.74) is 0. The van der Waals surface area contributed by atoms with Crippen molar-refractivity contribution in [1.82, 2.24) is 0 Å². The van der Waals surface area contributed by atoms with E-state index in [4.69, 9.17) is 4.74 Å². The summed E-state index contributed by atoms with van der Waals surface area (Å²) in [4.78, 5) is 0. The van der Waals surface area contributed by atoms with Crippen LogP contribution >= 0.6 is 7.92 Å². The minimum atomic E-state index is 0. The van der Waals surface area contributed by atoms with Crippen LogP contribution < -0.4 is 0 Å². The first-order valence-corrected chi connectivity index (χ1v) is 4.82. The topological polar surface area (TPSA) is 9.23 Å². The van der Waals surface area contributed by atoms with Crippen molar-refractivity contribution in [3.63, 3.8) is 0 Å². The van der Waals surface area contributed by atoms with E-state index >= 15 is 0 Å². The zero-order chi connectivity index (χ0) is 5.11. The van der Waals surface area contributed by atoms with E-state index in [1.54, 1.807) is 0 Å². The second-order valence-electron chi connectivity index (χ2n) is 1.92. The Morgan fingerprint density at radius 1 is 0.250 bits per heavy atom. The van der Waals surface area contributed by atoms with Gasteiger partial charge < -0.3 is 4.74 Å². The summed E-state index contributed by atoms with van der Waals surface area (Å²) in [6.07, 6.45) is 2.66. The lowest BCUT2D eigenvalue weighted by Crippen LogP contribution is -2.11. The Hall–Kier alpha value is 2.53. The Kier molecular flexibility index (Phi) is 12400. The fraction of sp³-hybridized carbons (Fsp3) is 1.00. The van der Waals surface area contributed by atoms with E-state index in [-0.39, 0.29) is 278 Å². The lowest BCUT2D eigenvalue weighted by molar-refractivity contribution is 0.158. The maximum atomic E-state index is 5.16. The molecule has 0 aliphatic carbocycles. The van der Waals surface area contributed by atoms with Gasteiger partial charge >= 0.3 is 0 Å².